The Bertz CT molecular complexity index is 418. The molecule has 0 spiro atoms. The van der Waals surface area contributed by atoms with E-state index in [0.717, 1.165) is 19.0 Å². The van der Waals surface area contributed by atoms with Crippen molar-refractivity contribution in [3.63, 3.8) is 0 Å². The van der Waals surface area contributed by atoms with E-state index in [1.807, 2.05) is 6.07 Å². The van der Waals surface area contributed by atoms with Gasteiger partial charge in [-0.1, -0.05) is 30.3 Å². The molecule has 1 aliphatic heterocycles. The highest BCUT2D eigenvalue weighted by Gasteiger charge is 2.39. The predicted octanol–water partition coefficient (Wildman–Crippen LogP) is 1.80. The van der Waals surface area contributed by atoms with Crippen molar-refractivity contribution in [3.8, 4) is 0 Å². The Morgan fingerprint density at radius 3 is 2.70 bits per heavy atom. The van der Waals surface area contributed by atoms with E-state index < -0.39 is 0 Å². The number of rotatable bonds is 6. The highest BCUT2D eigenvalue weighted by molar-refractivity contribution is 5.16. The monoisotopic (exact) mass is 274 g/mol. The van der Waals surface area contributed by atoms with Crippen LogP contribution in [0, 0.1) is 0 Å². The molecule has 0 amide bonds. The Balaban J connectivity index is 1.53. The lowest BCUT2D eigenvalue weighted by molar-refractivity contribution is 0.224. The molecule has 110 valence electrons. The minimum absolute atomic E-state index is 0.175. The maximum atomic E-state index is 9.62. The molecule has 20 heavy (non-hydrogen) atoms. The normalized spacial score (nSPS) is 28.7. The number of hydrogen-bond donors (Lipinski definition) is 2. The molecule has 2 unspecified atom stereocenters. The third-order valence-electron chi connectivity index (χ3n) is 4.66. The maximum absolute atomic E-state index is 9.62. The van der Waals surface area contributed by atoms with Crippen LogP contribution in [0.3, 0.4) is 0 Å². The van der Waals surface area contributed by atoms with Crippen LogP contribution in [0.25, 0.3) is 0 Å². The molecule has 1 saturated heterocycles. The lowest BCUT2D eigenvalue weighted by atomic mass is 10.0. The molecule has 1 aromatic carbocycles. The van der Waals surface area contributed by atoms with Gasteiger partial charge in [0.25, 0.3) is 0 Å². The van der Waals surface area contributed by atoms with E-state index in [4.69, 9.17) is 0 Å². The van der Waals surface area contributed by atoms with Crippen LogP contribution in [0.2, 0.25) is 0 Å². The van der Waals surface area contributed by atoms with E-state index in [0.29, 0.717) is 12.1 Å². The molecule has 0 bridgehead atoms. The third-order valence-corrected chi connectivity index (χ3v) is 4.66. The van der Waals surface area contributed by atoms with Gasteiger partial charge in [-0.05, 0) is 38.2 Å². The zero-order valence-corrected chi connectivity index (χ0v) is 12.3. The van der Waals surface area contributed by atoms with Gasteiger partial charge in [0.2, 0.25) is 0 Å². The summed E-state index contributed by atoms with van der Waals surface area (Å²) in [6, 6.07) is 12.7. The summed E-state index contributed by atoms with van der Waals surface area (Å²) in [7, 11) is 0. The topological polar surface area (TPSA) is 35.5 Å². The Morgan fingerprint density at radius 1 is 1.30 bits per heavy atom. The van der Waals surface area contributed by atoms with Gasteiger partial charge in [0.05, 0.1) is 6.61 Å². The molecule has 0 aromatic heterocycles. The van der Waals surface area contributed by atoms with Gasteiger partial charge in [-0.15, -0.1) is 0 Å². The molecule has 1 aromatic rings. The summed E-state index contributed by atoms with van der Waals surface area (Å²) >= 11 is 0. The summed E-state index contributed by atoms with van der Waals surface area (Å²) in [5, 5.41) is 13.3. The van der Waals surface area contributed by atoms with Crippen LogP contribution in [-0.4, -0.2) is 47.3 Å². The Kier molecular flexibility index (Phi) is 4.39. The molecular weight excluding hydrogens is 248 g/mol. The van der Waals surface area contributed by atoms with Crippen LogP contribution in [0.15, 0.2) is 30.3 Å². The summed E-state index contributed by atoms with van der Waals surface area (Å²) in [4.78, 5) is 2.65. The molecule has 2 N–H and O–H groups in total. The first-order valence-corrected chi connectivity index (χ1v) is 7.93. The van der Waals surface area contributed by atoms with E-state index >= 15 is 0 Å². The molecule has 2 aliphatic rings. The summed E-state index contributed by atoms with van der Waals surface area (Å²) in [5.41, 5.74) is 1.30. The van der Waals surface area contributed by atoms with E-state index in [1.54, 1.807) is 0 Å². The number of aliphatic hydroxyl groups is 1. The van der Waals surface area contributed by atoms with Gasteiger partial charge in [0.1, 0.15) is 0 Å². The summed E-state index contributed by atoms with van der Waals surface area (Å²) < 4.78 is 0. The smallest absolute Gasteiger partial charge is 0.0587 e. The minimum atomic E-state index is 0.175. The van der Waals surface area contributed by atoms with E-state index in [9.17, 15) is 5.11 Å². The number of nitrogens with one attached hydrogen (secondary N) is 1. The maximum Gasteiger partial charge on any atom is 0.0587 e. The Labute approximate surface area is 122 Å². The van der Waals surface area contributed by atoms with Crippen LogP contribution in [0.1, 0.15) is 31.7 Å². The fourth-order valence-electron chi connectivity index (χ4n) is 3.50. The average molecular weight is 274 g/mol. The van der Waals surface area contributed by atoms with Crippen molar-refractivity contribution in [2.24, 2.45) is 0 Å². The van der Waals surface area contributed by atoms with E-state index in [-0.39, 0.29) is 12.6 Å². The largest absolute Gasteiger partial charge is 0.395 e. The van der Waals surface area contributed by atoms with Crippen LogP contribution in [0.4, 0.5) is 0 Å². The van der Waals surface area contributed by atoms with Crippen molar-refractivity contribution in [3.05, 3.63) is 35.9 Å². The summed E-state index contributed by atoms with van der Waals surface area (Å²) in [6.45, 7) is 3.70. The highest BCUT2D eigenvalue weighted by atomic mass is 16.3. The minimum Gasteiger partial charge on any atom is -0.395 e. The number of benzene rings is 1. The number of aliphatic hydroxyl groups excluding tert-OH is 1. The van der Waals surface area contributed by atoms with Crippen molar-refractivity contribution in [2.75, 3.05) is 13.2 Å². The summed E-state index contributed by atoms with van der Waals surface area (Å²) in [5.74, 6) is 0. The third kappa shape index (κ3) is 3.40. The van der Waals surface area contributed by atoms with Gasteiger partial charge in [-0.2, -0.15) is 0 Å². The lowest BCUT2D eigenvalue weighted by Gasteiger charge is -2.22. The molecule has 2 fully saturated rings. The SMILES string of the molecule is CC1CC(N[C@@H](CO)Cc2ccccc2)CN1C1CC1. The molecule has 3 atom stereocenters. The van der Waals surface area contributed by atoms with E-state index in [2.05, 4.69) is 41.4 Å². The Hall–Kier alpha value is -0.900. The van der Waals surface area contributed by atoms with E-state index in [1.165, 1.54) is 24.8 Å². The first-order chi connectivity index (χ1) is 9.76. The molecule has 3 rings (SSSR count). The second-order valence-corrected chi connectivity index (χ2v) is 6.45. The molecule has 1 heterocycles. The first-order valence-electron chi connectivity index (χ1n) is 7.93. The first kappa shape index (κ1) is 14.1. The number of hydrogen-bond acceptors (Lipinski definition) is 3. The van der Waals surface area contributed by atoms with Crippen molar-refractivity contribution < 1.29 is 5.11 Å². The van der Waals surface area contributed by atoms with Crippen LogP contribution in [-0.2, 0) is 6.42 Å². The zero-order chi connectivity index (χ0) is 13.9. The molecule has 1 saturated carbocycles. The number of nitrogens with zero attached hydrogens (tertiary/aromatic N) is 1. The number of likely N-dealkylation sites (tertiary alicyclic amines) is 1. The van der Waals surface area contributed by atoms with Gasteiger partial charge in [-0.3, -0.25) is 4.90 Å². The fraction of sp³-hybridized carbons (Fsp3) is 0.647. The van der Waals surface area contributed by atoms with Crippen LogP contribution < -0.4 is 5.32 Å². The zero-order valence-electron chi connectivity index (χ0n) is 12.3. The fourth-order valence-corrected chi connectivity index (χ4v) is 3.50. The molecular formula is C17H26N2O. The second kappa shape index (κ2) is 6.25. The van der Waals surface area contributed by atoms with Crippen molar-refractivity contribution >= 4 is 0 Å². The van der Waals surface area contributed by atoms with Gasteiger partial charge >= 0.3 is 0 Å². The van der Waals surface area contributed by atoms with Crippen molar-refractivity contribution in [1.82, 2.24) is 10.2 Å². The molecule has 3 nitrogen and oxygen atoms in total. The van der Waals surface area contributed by atoms with Crippen LogP contribution in [0.5, 0.6) is 0 Å². The van der Waals surface area contributed by atoms with Crippen LogP contribution >= 0.6 is 0 Å². The lowest BCUT2D eigenvalue weighted by Crippen LogP contribution is -2.43. The van der Waals surface area contributed by atoms with Crippen molar-refractivity contribution in [1.29, 1.82) is 0 Å². The molecule has 0 radical (unpaired) electrons. The van der Waals surface area contributed by atoms with Gasteiger partial charge in [0, 0.05) is 30.7 Å². The Morgan fingerprint density at radius 2 is 2.05 bits per heavy atom. The second-order valence-electron chi connectivity index (χ2n) is 6.45. The van der Waals surface area contributed by atoms with Gasteiger partial charge in [-0.25, -0.2) is 0 Å². The molecule has 1 aliphatic carbocycles. The highest BCUT2D eigenvalue weighted by Crippen LogP contribution is 2.33. The predicted molar refractivity (Wildman–Crippen MR) is 81.8 cm³/mol. The standard InChI is InChI=1S/C17H26N2O/c1-13-9-15(11-19(13)17-7-8-17)18-16(12-20)10-14-5-3-2-4-6-14/h2-6,13,15-18,20H,7-12H2,1H3/t13?,15?,16-/m1/s1. The van der Waals surface area contributed by atoms with Crippen molar-refractivity contribution in [2.45, 2.75) is 56.8 Å². The van der Waals surface area contributed by atoms with Gasteiger partial charge < -0.3 is 10.4 Å². The van der Waals surface area contributed by atoms with Gasteiger partial charge in [0.15, 0.2) is 0 Å². The molecule has 3 heteroatoms. The summed E-state index contributed by atoms with van der Waals surface area (Å²) in [6.07, 6.45) is 4.88. The quantitative estimate of drug-likeness (QED) is 0.830. The average Bonchev–Trinajstić information content (AvgIpc) is 3.24.